The number of thiophene rings is 1. The first-order valence-corrected chi connectivity index (χ1v) is 11.6. The highest BCUT2D eigenvalue weighted by Gasteiger charge is 2.21. The van der Waals surface area contributed by atoms with E-state index >= 15 is 0 Å². The van der Waals surface area contributed by atoms with Crippen molar-refractivity contribution in [3.63, 3.8) is 0 Å². The largest absolute Gasteiger partial charge is 0.486 e. The second-order valence-corrected chi connectivity index (χ2v) is 8.46. The maximum atomic E-state index is 12.2. The Morgan fingerprint density at radius 1 is 1.23 bits per heavy atom. The van der Waals surface area contributed by atoms with E-state index in [-0.39, 0.29) is 18.4 Å². The van der Waals surface area contributed by atoms with E-state index in [2.05, 4.69) is 20.8 Å². The Morgan fingerprint density at radius 2 is 2.06 bits per heavy atom. The molecular weight excluding hydrogens is 438 g/mol. The highest BCUT2D eigenvalue weighted by Crippen LogP contribution is 2.30. The summed E-state index contributed by atoms with van der Waals surface area (Å²) in [5.41, 5.74) is 0. The van der Waals surface area contributed by atoms with Crippen LogP contribution in [-0.2, 0) is 11.3 Å². The third-order valence-corrected chi connectivity index (χ3v) is 6.25. The highest BCUT2D eigenvalue weighted by molar-refractivity contribution is 7.99. The normalized spacial score (nSPS) is 14.8. The summed E-state index contributed by atoms with van der Waals surface area (Å²) in [5, 5.41) is 16.0. The third kappa shape index (κ3) is 5.17. The SMILES string of the molecule is CCn1c(SCC(=O)NC(=O)NCC2COc3ccccc3O2)nnc1-c1cccs1. The van der Waals surface area contributed by atoms with Crippen LogP contribution < -0.4 is 20.1 Å². The Kier molecular flexibility index (Phi) is 6.73. The molecule has 1 aliphatic rings. The fourth-order valence-corrected chi connectivity index (χ4v) is 4.50. The predicted molar refractivity (Wildman–Crippen MR) is 118 cm³/mol. The molecule has 1 unspecified atom stereocenters. The van der Waals surface area contributed by atoms with E-state index in [1.54, 1.807) is 17.4 Å². The van der Waals surface area contributed by atoms with Crippen LogP contribution in [0.2, 0.25) is 0 Å². The zero-order valence-corrected chi connectivity index (χ0v) is 18.4. The average Bonchev–Trinajstić information content (AvgIpc) is 3.45. The quantitative estimate of drug-likeness (QED) is 0.523. The minimum Gasteiger partial charge on any atom is -0.486 e. The number of carbonyl (C=O) groups excluding carboxylic acids is 2. The Balaban J connectivity index is 1.23. The van der Waals surface area contributed by atoms with Gasteiger partial charge in [-0.3, -0.25) is 10.1 Å². The zero-order valence-electron chi connectivity index (χ0n) is 16.7. The first-order chi connectivity index (χ1) is 15.1. The number of nitrogens with one attached hydrogen (secondary N) is 2. The zero-order chi connectivity index (χ0) is 21.6. The second-order valence-electron chi connectivity index (χ2n) is 6.57. The molecule has 1 atom stereocenters. The summed E-state index contributed by atoms with van der Waals surface area (Å²) in [7, 11) is 0. The summed E-state index contributed by atoms with van der Waals surface area (Å²) in [6, 6.07) is 10.7. The van der Waals surface area contributed by atoms with Gasteiger partial charge in [-0.15, -0.1) is 21.5 Å². The van der Waals surface area contributed by atoms with Crippen molar-refractivity contribution in [2.24, 2.45) is 0 Å². The van der Waals surface area contributed by atoms with Gasteiger partial charge >= 0.3 is 6.03 Å². The van der Waals surface area contributed by atoms with Gasteiger partial charge in [0.05, 0.1) is 17.2 Å². The summed E-state index contributed by atoms with van der Waals surface area (Å²) in [6.07, 6.45) is -0.330. The molecule has 162 valence electrons. The molecule has 2 aromatic heterocycles. The average molecular weight is 460 g/mol. The number of hydrogen-bond acceptors (Lipinski definition) is 8. The van der Waals surface area contributed by atoms with Gasteiger partial charge < -0.3 is 19.4 Å². The molecule has 0 bridgehead atoms. The van der Waals surface area contributed by atoms with Crippen LogP contribution in [-0.4, -0.2) is 51.7 Å². The topological polar surface area (TPSA) is 107 Å². The Labute approximate surface area is 187 Å². The van der Waals surface area contributed by atoms with Crippen molar-refractivity contribution in [3.05, 3.63) is 41.8 Å². The van der Waals surface area contributed by atoms with Gasteiger partial charge in [0.25, 0.3) is 0 Å². The smallest absolute Gasteiger partial charge is 0.321 e. The number of imide groups is 1. The monoisotopic (exact) mass is 459 g/mol. The number of nitrogens with zero attached hydrogens (tertiary/aromatic N) is 3. The third-order valence-electron chi connectivity index (χ3n) is 4.42. The lowest BCUT2D eigenvalue weighted by atomic mass is 10.2. The predicted octanol–water partition coefficient (Wildman–Crippen LogP) is 2.78. The number of urea groups is 1. The van der Waals surface area contributed by atoms with Crippen LogP contribution in [0.25, 0.3) is 10.7 Å². The Morgan fingerprint density at radius 3 is 2.84 bits per heavy atom. The Bertz CT molecular complexity index is 1050. The van der Waals surface area contributed by atoms with Crippen molar-refractivity contribution >= 4 is 35.0 Å². The van der Waals surface area contributed by atoms with Crippen molar-refractivity contribution in [3.8, 4) is 22.2 Å². The molecule has 3 amide bonds. The van der Waals surface area contributed by atoms with Crippen LogP contribution >= 0.6 is 23.1 Å². The van der Waals surface area contributed by atoms with Crippen LogP contribution in [0, 0.1) is 0 Å². The van der Waals surface area contributed by atoms with Crippen LogP contribution in [0.15, 0.2) is 46.9 Å². The lowest BCUT2D eigenvalue weighted by Crippen LogP contribution is -2.46. The van der Waals surface area contributed by atoms with E-state index in [0.717, 1.165) is 10.7 Å². The van der Waals surface area contributed by atoms with Crippen LogP contribution in [0.1, 0.15) is 6.92 Å². The molecule has 0 saturated heterocycles. The summed E-state index contributed by atoms with van der Waals surface area (Å²) in [6.45, 7) is 3.21. The van der Waals surface area contributed by atoms with Gasteiger partial charge in [-0.2, -0.15) is 0 Å². The number of carbonyl (C=O) groups is 2. The maximum absolute atomic E-state index is 12.2. The molecule has 0 spiro atoms. The van der Waals surface area contributed by atoms with Gasteiger partial charge in [-0.1, -0.05) is 30.0 Å². The van der Waals surface area contributed by atoms with Gasteiger partial charge in [0.15, 0.2) is 28.6 Å². The molecule has 3 aromatic rings. The Hall–Kier alpha value is -3.05. The summed E-state index contributed by atoms with van der Waals surface area (Å²) < 4.78 is 13.3. The van der Waals surface area contributed by atoms with E-state index < -0.39 is 11.9 Å². The lowest BCUT2D eigenvalue weighted by molar-refractivity contribution is -0.117. The van der Waals surface area contributed by atoms with Crippen molar-refractivity contribution in [1.29, 1.82) is 0 Å². The summed E-state index contributed by atoms with van der Waals surface area (Å²) >= 11 is 2.82. The van der Waals surface area contributed by atoms with E-state index in [9.17, 15) is 9.59 Å². The summed E-state index contributed by atoms with van der Waals surface area (Å²) in [5.74, 6) is 1.71. The number of fused-ring (bicyclic) bond motifs is 1. The molecule has 11 heteroatoms. The standard InChI is InChI=1S/C20H21N5O4S2/c1-2-25-18(16-8-5-9-30-16)23-24-20(25)31-12-17(26)22-19(27)21-10-13-11-28-14-6-3-4-7-15(14)29-13/h3-9,13H,2,10-12H2,1H3,(H2,21,22,26,27). The number of ether oxygens (including phenoxy) is 2. The van der Waals surface area contributed by atoms with Gasteiger partial charge in [-0.05, 0) is 30.5 Å². The first kappa shape index (κ1) is 21.2. The van der Waals surface area contributed by atoms with Crippen molar-refractivity contribution in [2.45, 2.75) is 24.7 Å². The first-order valence-electron chi connectivity index (χ1n) is 9.70. The molecule has 4 rings (SSSR count). The number of hydrogen-bond donors (Lipinski definition) is 2. The molecule has 0 radical (unpaired) electrons. The fraction of sp³-hybridized carbons (Fsp3) is 0.300. The van der Waals surface area contributed by atoms with E-state index in [0.29, 0.717) is 29.8 Å². The molecular formula is C20H21N5O4S2. The number of thioether (sulfide) groups is 1. The molecule has 3 heterocycles. The van der Waals surface area contributed by atoms with Crippen LogP contribution in [0.3, 0.4) is 0 Å². The minimum absolute atomic E-state index is 0.0480. The van der Waals surface area contributed by atoms with E-state index in [4.69, 9.17) is 9.47 Å². The summed E-state index contributed by atoms with van der Waals surface area (Å²) in [4.78, 5) is 25.2. The number of amides is 3. The van der Waals surface area contributed by atoms with Gasteiger partial charge in [0.1, 0.15) is 6.61 Å². The maximum Gasteiger partial charge on any atom is 0.321 e. The molecule has 9 nitrogen and oxygen atoms in total. The minimum atomic E-state index is -0.579. The molecule has 0 fully saturated rings. The number of rotatable bonds is 7. The van der Waals surface area contributed by atoms with Gasteiger partial charge in [0.2, 0.25) is 5.91 Å². The van der Waals surface area contributed by atoms with Crippen LogP contribution in [0.5, 0.6) is 11.5 Å². The van der Waals surface area contributed by atoms with Gasteiger partial charge in [0, 0.05) is 6.54 Å². The molecule has 2 N–H and O–H groups in total. The highest BCUT2D eigenvalue weighted by atomic mass is 32.2. The fourth-order valence-electron chi connectivity index (χ4n) is 2.98. The molecule has 0 saturated carbocycles. The lowest BCUT2D eigenvalue weighted by Gasteiger charge is -2.26. The van der Waals surface area contributed by atoms with Crippen molar-refractivity contribution < 1.29 is 19.1 Å². The van der Waals surface area contributed by atoms with Crippen molar-refractivity contribution in [2.75, 3.05) is 18.9 Å². The molecule has 31 heavy (non-hydrogen) atoms. The number of aromatic nitrogens is 3. The van der Waals surface area contributed by atoms with E-state index in [1.165, 1.54) is 11.8 Å². The van der Waals surface area contributed by atoms with Gasteiger partial charge in [-0.25, -0.2) is 4.79 Å². The van der Waals surface area contributed by atoms with Crippen LogP contribution in [0.4, 0.5) is 4.79 Å². The second kappa shape index (κ2) is 9.84. The molecule has 1 aliphatic heterocycles. The number of para-hydroxylation sites is 2. The van der Waals surface area contributed by atoms with Crippen molar-refractivity contribution in [1.82, 2.24) is 25.4 Å². The van der Waals surface area contributed by atoms with E-state index in [1.807, 2.05) is 47.2 Å². The molecule has 0 aliphatic carbocycles. The molecule has 1 aromatic carbocycles. The number of benzene rings is 1.